The smallest absolute Gasteiger partial charge is 0.270 e. The summed E-state index contributed by atoms with van der Waals surface area (Å²) in [4.78, 5) is -0.340. The van der Waals surface area contributed by atoms with E-state index in [1.54, 1.807) is 0 Å². The number of hydrogen-bond donors (Lipinski definition) is 0. The Balaban J connectivity index is 2.77. The van der Waals surface area contributed by atoms with Gasteiger partial charge in [-0.15, -0.1) is 0 Å². The van der Waals surface area contributed by atoms with Gasteiger partial charge in [-0.1, -0.05) is 43.7 Å². The predicted molar refractivity (Wildman–Crippen MR) is 98.1 cm³/mol. The molecule has 0 N–H and O–H groups in total. The third-order valence-corrected chi connectivity index (χ3v) is 6.60. The summed E-state index contributed by atoms with van der Waals surface area (Å²) in [5.41, 5.74) is 2.12. The average molecular weight is 399 g/mol. The van der Waals surface area contributed by atoms with Gasteiger partial charge >= 0.3 is 0 Å². The second-order valence-corrected chi connectivity index (χ2v) is 9.11. The third kappa shape index (κ3) is 4.50. The maximum absolute atomic E-state index is 12.4. The van der Waals surface area contributed by atoms with Gasteiger partial charge in [-0.3, -0.25) is 8.37 Å². The number of hydrogen-bond acceptors (Lipinski definition) is 6. The number of rotatable bonds is 8. The fraction of sp³-hybridized carbons (Fsp3) is 0.333. The summed E-state index contributed by atoms with van der Waals surface area (Å²) in [6.45, 7) is 1.93. The molecule has 0 saturated heterocycles. The van der Waals surface area contributed by atoms with Crippen LogP contribution in [-0.2, 0) is 41.4 Å². The molecule has 2 aromatic rings. The second-order valence-electron chi connectivity index (χ2n) is 5.71. The Morgan fingerprint density at radius 1 is 0.885 bits per heavy atom. The molecule has 0 aromatic heterocycles. The van der Waals surface area contributed by atoms with Crippen LogP contribution in [0.1, 0.15) is 30.0 Å². The molecule has 2 aromatic carbocycles. The molecule has 0 aliphatic carbocycles. The molecule has 0 bridgehead atoms. The Morgan fingerprint density at radius 2 is 1.50 bits per heavy atom. The van der Waals surface area contributed by atoms with Gasteiger partial charge in [0, 0.05) is 0 Å². The normalized spacial score (nSPS) is 12.3. The summed E-state index contributed by atoms with van der Waals surface area (Å²) in [7, 11) is -6.04. The zero-order chi connectivity index (χ0) is 19.4. The highest BCUT2D eigenvalue weighted by Crippen LogP contribution is 2.29. The molecule has 0 spiro atoms. The van der Waals surface area contributed by atoms with E-state index < -0.39 is 20.2 Å². The van der Waals surface area contributed by atoms with Crippen LogP contribution in [0.3, 0.4) is 0 Å². The van der Waals surface area contributed by atoms with Crippen molar-refractivity contribution in [2.45, 2.75) is 36.0 Å². The van der Waals surface area contributed by atoms with E-state index in [0.29, 0.717) is 30.4 Å². The second kappa shape index (κ2) is 8.30. The largest absolute Gasteiger partial charge is 0.297 e. The minimum Gasteiger partial charge on any atom is -0.270 e. The van der Waals surface area contributed by atoms with Crippen LogP contribution in [-0.4, -0.2) is 31.1 Å². The monoisotopic (exact) mass is 398 g/mol. The lowest BCUT2D eigenvalue weighted by Crippen LogP contribution is -2.13. The highest BCUT2D eigenvalue weighted by molar-refractivity contribution is 7.87. The molecule has 6 nitrogen and oxygen atoms in total. The zero-order valence-electron chi connectivity index (χ0n) is 14.9. The molecule has 8 heteroatoms. The van der Waals surface area contributed by atoms with Gasteiger partial charge in [0.2, 0.25) is 0 Å². The van der Waals surface area contributed by atoms with Gasteiger partial charge in [0.25, 0.3) is 20.2 Å². The summed E-state index contributed by atoms with van der Waals surface area (Å²) in [6.07, 6.45) is 1.58. The molecule has 0 amide bonds. The van der Waals surface area contributed by atoms with Crippen LogP contribution in [0.25, 0.3) is 0 Å². The summed E-state index contributed by atoms with van der Waals surface area (Å²) in [6, 6.07) is 12.0. The Labute approximate surface area is 155 Å². The molecule has 0 radical (unpaired) electrons. The first-order chi connectivity index (χ1) is 12.2. The molecule has 0 aliphatic heterocycles. The van der Waals surface area contributed by atoms with Gasteiger partial charge < -0.3 is 0 Å². The summed E-state index contributed by atoms with van der Waals surface area (Å²) in [5, 5.41) is 0. The Kier molecular flexibility index (Phi) is 6.57. The summed E-state index contributed by atoms with van der Waals surface area (Å²) < 4.78 is 58.4. The zero-order valence-corrected chi connectivity index (χ0v) is 16.6. The van der Waals surface area contributed by atoms with Crippen molar-refractivity contribution in [2.24, 2.45) is 0 Å². The predicted octanol–water partition coefficient (Wildman–Crippen LogP) is 2.90. The fourth-order valence-electron chi connectivity index (χ4n) is 2.74. The van der Waals surface area contributed by atoms with Gasteiger partial charge in [-0.25, -0.2) is 0 Å². The molecular formula is C18H22O6S2. The molecule has 142 valence electrons. The lowest BCUT2D eigenvalue weighted by Gasteiger charge is -2.16. The highest BCUT2D eigenvalue weighted by atomic mass is 32.2. The maximum Gasteiger partial charge on any atom is 0.297 e. The van der Waals surface area contributed by atoms with Crippen LogP contribution in [0.2, 0.25) is 0 Å². The van der Waals surface area contributed by atoms with Crippen molar-refractivity contribution in [2.75, 3.05) is 14.2 Å². The van der Waals surface area contributed by atoms with E-state index >= 15 is 0 Å². The van der Waals surface area contributed by atoms with Crippen LogP contribution in [0, 0.1) is 0 Å². The third-order valence-electron chi connectivity index (χ3n) is 4.01. The van der Waals surface area contributed by atoms with Crippen molar-refractivity contribution >= 4 is 20.2 Å². The molecule has 0 heterocycles. The lowest BCUT2D eigenvalue weighted by molar-refractivity contribution is 0.395. The van der Waals surface area contributed by atoms with Gasteiger partial charge in [-0.2, -0.15) is 16.8 Å². The van der Waals surface area contributed by atoms with Crippen LogP contribution < -0.4 is 0 Å². The Bertz CT molecular complexity index is 964. The van der Waals surface area contributed by atoms with Gasteiger partial charge in [0.15, 0.2) is 0 Å². The molecule has 0 unspecified atom stereocenters. The Morgan fingerprint density at radius 3 is 2.04 bits per heavy atom. The minimum atomic E-state index is -4.08. The van der Waals surface area contributed by atoms with Crippen LogP contribution >= 0.6 is 0 Å². The molecule has 2 rings (SSSR count). The van der Waals surface area contributed by atoms with Gasteiger partial charge in [-0.05, 0) is 41.7 Å². The first-order valence-corrected chi connectivity index (χ1v) is 10.9. The quantitative estimate of drug-likeness (QED) is 0.636. The van der Waals surface area contributed by atoms with E-state index in [1.807, 2.05) is 37.3 Å². The van der Waals surface area contributed by atoms with Crippen LogP contribution in [0.5, 0.6) is 0 Å². The van der Waals surface area contributed by atoms with Crippen molar-refractivity contribution in [1.29, 1.82) is 0 Å². The lowest BCUT2D eigenvalue weighted by atomic mass is 9.97. The van der Waals surface area contributed by atoms with Crippen LogP contribution in [0.4, 0.5) is 0 Å². The highest BCUT2D eigenvalue weighted by Gasteiger charge is 2.25. The van der Waals surface area contributed by atoms with Crippen molar-refractivity contribution in [3.8, 4) is 0 Å². The first-order valence-electron chi connectivity index (χ1n) is 8.06. The van der Waals surface area contributed by atoms with Crippen molar-refractivity contribution in [3.63, 3.8) is 0 Å². The number of benzene rings is 2. The van der Waals surface area contributed by atoms with Crippen LogP contribution in [0.15, 0.2) is 52.3 Å². The van der Waals surface area contributed by atoms with E-state index in [-0.39, 0.29) is 9.79 Å². The van der Waals surface area contributed by atoms with Gasteiger partial charge in [0.05, 0.1) is 24.0 Å². The molecular weight excluding hydrogens is 376 g/mol. The van der Waals surface area contributed by atoms with E-state index in [4.69, 9.17) is 0 Å². The summed E-state index contributed by atoms with van der Waals surface area (Å²) in [5.74, 6) is 0. The average Bonchev–Trinajstić information content (AvgIpc) is 2.63. The summed E-state index contributed by atoms with van der Waals surface area (Å²) >= 11 is 0. The van der Waals surface area contributed by atoms with E-state index in [9.17, 15) is 16.8 Å². The topological polar surface area (TPSA) is 86.7 Å². The minimum absolute atomic E-state index is 0.133. The molecule has 0 fully saturated rings. The molecule has 0 atom stereocenters. The van der Waals surface area contributed by atoms with Gasteiger partial charge in [0.1, 0.15) is 0 Å². The fourth-order valence-corrected chi connectivity index (χ4v) is 4.54. The van der Waals surface area contributed by atoms with E-state index in [1.165, 1.54) is 6.07 Å². The SMILES string of the molecule is CCCc1c(Cc2ccccc2)cc(S(=O)(=O)OC)cc1S(=O)(=O)OC. The van der Waals surface area contributed by atoms with Crippen molar-refractivity contribution < 1.29 is 25.2 Å². The van der Waals surface area contributed by atoms with E-state index in [2.05, 4.69) is 8.37 Å². The van der Waals surface area contributed by atoms with E-state index in [0.717, 1.165) is 25.8 Å². The van der Waals surface area contributed by atoms with Crippen molar-refractivity contribution in [1.82, 2.24) is 0 Å². The molecule has 0 saturated carbocycles. The Hall–Kier alpha value is -1.74. The maximum atomic E-state index is 12.4. The standard InChI is InChI=1S/C18H22O6S2/c1-4-8-17-15(11-14-9-6-5-7-10-14)12-16(25(19,20)23-2)13-18(17)26(21,22)24-3/h5-7,9-10,12-13H,4,8,11H2,1-3H3. The molecule has 26 heavy (non-hydrogen) atoms. The van der Waals surface area contributed by atoms with Crippen molar-refractivity contribution in [3.05, 3.63) is 59.2 Å². The molecule has 0 aliphatic rings. The first kappa shape index (κ1) is 20.6.